The largest absolute Gasteiger partial charge is 0.490 e. The van der Waals surface area contributed by atoms with Crippen molar-refractivity contribution in [3.8, 4) is 11.5 Å². The number of benzene rings is 2. The zero-order valence-corrected chi connectivity index (χ0v) is 14.1. The second-order valence-electron chi connectivity index (χ2n) is 4.82. The van der Waals surface area contributed by atoms with Gasteiger partial charge in [0.25, 0.3) is 5.91 Å². The summed E-state index contributed by atoms with van der Waals surface area (Å²) in [4.78, 5) is 11.9. The summed E-state index contributed by atoms with van der Waals surface area (Å²) in [6.07, 6.45) is 1.18. The van der Waals surface area contributed by atoms with Gasteiger partial charge in [-0.15, -0.1) is 0 Å². The maximum Gasteiger partial charge on any atom is 0.262 e. The number of para-hydroxylation sites is 1. The number of rotatable bonds is 7. The van der Waals surface area contributed by atoms with Crippen LogP contribution in [-0.2, 0) is 4.79 Å². The van der Waals surface area contributed by atoms with Crippen molar-refractivity contribution in [2.45, 2.75) is 6.92 Å². The highest BCUT2D eigenvalue weighted by Gasteiger charge is 2.15. The van der Waals surface area contributed by atoms with Gasteiger partial charge in [-0.25, -0.2) is 4.39 Å². The van der Waals surface area contributed by atoms with Crippen molar-refractivity contribution in [3.05, 3.63) is 52.8 Å². The molecule has 0 aliphatic heterocycles. The molecular weight excluding hydrogens is 351 g/mol. The third-order valence-corrected chi connectivity index (χ3v) is 3.31. The molecule has 0 atom stereocenters. The Balaban J connectivity index is 2.11. The number of nitrogens with one attached hydrogen (secondary N) is 1. The average Bonchev–Trinajstić information content (AvgIpc) is 2.57. The summed E-state index contributed by atoms with van der Waals surface area (Å²) in [5.41, 5.74) is 0.556. The van der Waals surface area contributed by atoms with Crippen LogP contribution in [0, 0.1) is 5.82 Å². The number of carbonyl (C=O) groups excluding carboxylic acids is 1. The number of nitrogens with zero attached hydrogens (tertiary/aromatic N) is 1. The van der Waals surface area contributed by atoms with Crippen LogP contribution in [0.5, 0.6) is 11.5 Å². The van der Waals surface area contributed by atoms with E-state index >= 15 is 0 Å². The van der Waals surface area contributed by atoms with Crippen molar-refractivity contribution >= 4 is 29.4 Å². The van der Waals surface area contributed by atoms with Gasteiger partial charge in [0.15, 0.2) is 18.1 Å². The van der Waals surface area contributed by atoms with Gasteiger partial charge in [0.2, 0.25) is 0 Å². The molecular formula is C17H16ClFN2O4. The molecule has 132 valence electrons. The number of halogens is 2. The molecule has 2 aromatic carbocycles. The monoisotopic (exact) mass is 366 g/mol. The van der Waals surface area contributed by atoms with Crippen LogP contribution in [0.25, 0.3) is 0 Å². The Kier molecular flexibility index (Phi) is 6.59. The van der Waals surface area contributed by atoms with Gasteiger partial charge < -0.3 is 20.0 Å². The van der Waals surface area contributed by atoms with E-state index in [1.165, 1.54) is 30.5 Å². The first-order chi connectivity index (χ1) is 12.0. The van der Waals surface area contributed by atoms with Gasteiger partial charge in [-0.3, -0.25) is 4.79 Å². The maximum atomic E-state index is 13.5. The van der Waals surface area contributed by atoms with Crippen LogP contribution >= 0.6 is 11.6 Å². The van der Waals surface area contributed by atoms with E-state index in [-0.39, 0.29) is 23.1 Å². The first-order valence-corrected chi connectivity index (χ1v) is 7.74. The SMILES string of the molecule is CCOc1cc(C=NO)cc(Cl)c1OCC(=O)Nc1ccccc1F. The molecule has 6 nitrogen and oxygen atoms in total. The van der Waals surface area contributed by atoms with E-state index in [2.05, 4.69) is 10.5 Å². The number of ether oxygens (including phenoxy) is 2. The Morgan fingerprint density at radius 3 is 2.80 bits per heavy atom. The maximum absolute atomic E-state index is 13.5. The number of anilines is 1. The highest BCUT2D eigenvalue weighted by atomic mass is 35.5. The Bertz CT molecular complexity index is 783. The standard InChI is InChI=1S/C17H16ClFN2O4/c1-2-24-15-8-11(9-20-23)7-12(18)17(15)25-10-16(22)21-14-6-4-3-5-13(14)19/h3-9,23H,2,10H2,1H3,(H,21,22). The van der Waals surface area contributed by atoms with E-state index in [0.29, 0.717) is 17.9 Å². The predicted molar refractivity (Wildman–Crippen MR) is 92.5 cm³/mol. The molecule has 0 aliphatic carbocycles. The second-order valence-corrected chi connectivity index (χ2v) is 5.23. The molecule has 2 N–H and O–H groups in total. The number of hydrogen-bond donors (Lipinski definition) is 2. The van der Waals surface area contributed by atoms with E-state index in [9.17, 15) is 9.18 Å². The third-order valence-electron chi connectivity index (χ3n) is 3.03. The molecule has 0 saturated heterocycles. The minimum atomic E-state index is -0.551. The van der Waals surface area contributed by atoms with Crippen LogP contribution in [0.4, 0.5) is 10.1 Å². The fraction of sp³-hybridized carbons (Fsp3) is 0.176. The lowest BCUT2D eigenvalue weighted by molar-refractivity contribution is -0.118. The highest BCUT2D eigenvalue weighted by Crippen LogP contribution is 2.36. The summed E-state index contributed by atoms with van der Waals surface area (Å²) in [5, 5.41) is 14.1. The van der Waals surface area contributed by atoms with Crippen LogP contribution < -0.4 is 14.8 Å². The molecule has 2 rings (SSSR count). The molecule has 0 aromatic heterocycles. The molecule has 0 spiro atoms. The smallest absolute Gasteiger partial charge is 0.262 e. The van der Waals surface area contributed by atoms with Crippen LogP contribution in [0.1, 0.15) is 12.5 Å². The van der Waals surface area contributed by atoms with E-state index < -0.39 is 11.7 Å². The zero-order chi connectivity index (χ0) is 18.2. The van der Waals surface area contributed by atoms with Crippen LogP contribution in [-0.4, -0.2) is 30.5 Å². The van der Waals surface area contributed by atoms with E-state index in [0.717, 1.165) is 0 Å². The molecule has 2 aromatic rings. The lowest BCUT2D eigenvalue weighted by atomic mass is 10.2. The molecule has 1 amide bonds. The van der Waals surface area contributed by atoms with Gasteiger partial charge in [0, 0.05) is 5.56 Å². The Hall–Kier alpha value is -2.80. The number of amides is 1. The van der Waals surface area contributed by atoms with Gasteiger partial charge >= 0.3 is 0 Å². The van der Waals surface area contributed by atoms with Crippen LogP contribution in [0.15, 0.2) is 41.6 Å². The molecule has 0 unspecified atom stereocenters. The van der Waals surface area contributed by atoms with Gasteiger partial charge in [0.1, 0.15) is 5.82 Å². The van der Waals surface area contributed by atoms with Gasteiger partial charge in [-0.1, -0.05) is 28.9 Å². The molecule has 0 fully saturated rings. The fourth-order valence-electron chi connectivity index (χ4n) is 2.02. The average molecular weight is 367 g/mol. The van der Waals surface area contributed by atoms with Crippen molar-refractivity contribution < 1.29 is 23.9 Å². The van der Waals surface area contributed by atoms with Crippen molar-refractivity contribution in [1.82, 2.24) is 0 Å². The zero-order valence-electron chi connectivity index (χ0n) is 13.3. The summed E-state index contributed by atoms with van der Waals surface area (Å²) in [6.45, 7) is 1.73. The highest BCUT2D eigenvalue weighted by molar-refractivity contribution is 6.32. The fourth-order valence-corrected chi connectivity index (χ4v) is 2.29. The summed E-state index contributed by atoms with van der Waals surface area (Å²) in [7, 11) is 0. The minimum absolute atomic E-state index is 0.0572. The van der Waals surface area contributed by atoms with E-state index in [1.807, 2.05) is 0 Å². The Morgan fingerprint density at radius 2 is 2.12 bits per heavy atom. The molecule has 0 saturated carbocycles. The normalized spacial score (nSPS) is 10.7. The van der Waals surface area contributed by atoms with Crippen molar-refractivity contribution in [2.24, 2.45) is 5.16 Å². The summed E-state index contributed by atoms with van der Waals surface area (Å²) in [6, 6.07) is 8.85. The third kappa shape index (κ3) is 5.09. The summed E-state index contributed by atoms with van der Waals surface area (Å²) >= 11 is 6.13. The molecule has 0 bridgehead atoms. The first kappa shape index (κ1) is 18.5. The lowest BCUT2D eigenvalue weighted by Gasteiger charge is -2.14. The second kappa shape index (κ2) is 8.89. The van der Waals surface area contributed by atoms with Gasteiger partial charge in [-0.05, 0) is 31.2 Å². The predicted octanol–water partition coefficient (Wildman–Crippen LogP) is 3.70. The quantitative estimate of drug-likeness (QED) is 0.445. The van der Waals surface area contributed by atoms with Gasteiger partial charge in [0.05, 0.1) is 23.5 Å². The summed E-state index contributed by atoms with van der Waals surface area (Å²) < 4.78 is 24.4. The van der Waals surface area contributed by atoms with Crippen molar-refractivity contribution in [3.63, 3.8) is 0 Å². The van der Waals surface area contributed by atoms with E-state index in [4.69, 9.17) is 26.3 Å². The number of carbonyl (C=O) groups is 1. The number of hydrogen-bond acceptors (Lipinski definition) is 5. The summed E-state index contributed by atoms with van der Waals surface area (Å²) in [5.74, 6) is -0.632. The van der Waals surface area contributed by atoms with Crippen molar-refractivity contribution in [1.29, 1.82) is 0 Å². The topological polar surface area (TPSA) is 80.2 Å². The number of oxime groups is 1. The molecule has 0 radical (unpaired) electrons. The minimum Gasteiger partial charge on any atom is -0.490 e. The molecule has 0 aliphatic rings. The van der Waals surface area contributed by atoms with Crippen molar-refractivity contribution in [2.75, 3.05) is 18.5 Å². The van der Waals surface area contributed by atoms with E-state index in [1.54, 1.807) is 19.1 Å². The molecule has 8 heteroatoms. The van der Waals surface area contributed by atoms with Crippen LogP contribution in [0.3, 0.4) is 0 Å². The molecule has 25 heavy (non-hydrogen) atoms. The first-order valence-electron chi connectivity index (χ1n) is 7.36. The lowest BCUT2D eigenvalue weighted by Crippen LogP contribution is -2.21. The van der Waals surface area contributed by atoms with Crippen LogP contribution in [0.2, 0.25) is 5.02 Å². The Morgan fingerprint density at radius 1 is 1.36 bits per heavy atom. The van der Waals surface area contributed by atoms with Gasteiger partial charge in [-0.2, -0.15) is 0 Å². The Labute approximate surface area is 148 Å². The molecule has 0 heterocycles.